The van der Waals surface area contributed by atoms with Crippen molar-refractivity contribution in [2.75, 3.05) is 33.2 Å². The minimum atomic E-state index is -2.19. The summed E-state index contributed by atoms with van der Waals surface area (Å²) < 4.78 is 6.07. The fourth-order valence-corrected chi connectivity index (χ4v) is 2.68. The number of fused-ring (bicyclic) bond motifs is 1. The first-order valence-electron chi connectivity index (χ1n) is 8.31. The van der Waals surface area contributed by atoms with Gasteiger partial charge in [-0.25, -0.2) is 4.98 Å². The van der Waals surface area contributed by atoms with Crippen molar-refractivity contribution in [2.45, 2.75) is 26.4 Å². The smallest absolute Gasteiger partial charge is 0.224 e. The summed E-state index contributed by atoms with van der Waals surface area (Å²) in [6.45, 7) is 8.39. The fraction of sp³-hybridized carbons (Fsp3) is 0.529. The summed E-state index contributed by atoms with van der Waals surface area (Å²) >= 11 is 5.50. The number of aromatic nitrogens is 1. The first-order chi connectivity index (χ1) is 12.3. The van der Waals surface area contributed by atoms with Gasteiger partial charge in [0.1, 0.15) is 11.1 Å². The van der Waals surface area contributed by atoms with Gasteiger partial charge in [-0.2, -0.15) is 0 Å². The maximum atomic E-state index is 8.93. The number of nitrogens with zero attached hydrogens (tertiary/aromatic N) is 3. The molecule has 144 valence electrons. The van der Waals surface area contributed by atoms with Crippen LogP contribution >= 0.6 is 12.2 Å². The van der Waals surface area contributed by atoms with Crippen molar-refractivity contribution in [3.8, 4) is 5.88 Å². The van der Waals surface area contributed by atoms with Gasteiger partial charge in [-0.05, 0) is 31.6 Å². The molecular weight excluding hydrogens is 358 g/mol. The number of carboxylic acid groups (broad SMARTS) is 2. The zero-order valence-corrected chi connectivity index (χ0v) is 16.0. The Morgan fingerprint density at radius 1 is 1.35 bits per heavy atom. The summed E-state index contributed by atoms with van der Waals surface area (Å²) in [5.74, 6) is -3.70. The van der Waals surface area contributed by atoms with Crippen LogP contribution in [-0.2, 0) is 9.59 Å². The molecule has 0 spiro atoms. The lowest BCUT2D eigenvalue weighted by Crippen LogP contribution is -2.42. The lowest BCUT2D eigenvalue weighted by atomic mass is 10.2. The van der Waals surface area contributed by atoms with Crippen molar-refractivity contribution in [2.24, 2.45) is 0 Å². The highest BCUT2D eigenvalue weighted by atomic mass is 32.1. The number of carbonyl (C=O) groups excluding carboxylic acids is 2. The number of carboxylic acids is 2. The van der Waals surface area contributed by atoms with E-state index in [9.17, 15) is 0 Å². The van der Waals surface area contributed by atoms with Crippen LogP contribution < -0.4 is 14.9 Å². The minimum Gasteiger partial charge on any atom is -0.543 e. The topological polar surface area (TPSA) is 109 Å². The number of hydrogen-bond acceptors (Lipinski definition) is 8. The molecule has 1 atom stereocenters. The number of pyridine rings is 1. The summed E-state index contributed by atoms with van der Waals surface area (Å²) in [7, 11) is 2.03. The highest BCUT2D eigenvalue weighted by Gasteiger charge is 2.25. The van der Waals surface area contributed by atoms with Gasteiger partial charge < -0.3 is 34.3 Å². The van der Waals surface area contributed by atoms with Gasteiger partial charge in [-0.3, -0.25) is 0 Å². The van der Waals surface area contributed by atoms with E-state index in [0.717, 1.165) is 43.2 Å². The van der Waals surface area contributed by atoms with E-state index >= 15 is 0 Å². The maximum absolute atomic E-state index is 8.93. The van der Waals surface area contributed by atoms with Crippen LogP contribution in [0.5, 0.6) is 5.88 Å². The molecule has 2 heterocycles. The SMILES string of the molecule is CCN(CC)CCC1CN(C)C(=S)c2cccnc2O1.O=C([O-])C(=O)[O-]. The Morgan fingerprint density at radius 3 is 2.50 bits per heavy atom. The molecule has 0 aromatic carbocycles. The Bertz CT molecular complexity index is 625. The molecule has 1 unspecified atom stereocenters. The highest BCUT2D eigenvalue weighted by Crippen LogP contribution is 2.23. The molecule has 9 heteroatoms. The quantitative estimate of drug-likeness (QED) is 0.452. The second-order valence-electron chi connectivity index (χ2n) is 5.67. The van der Waals surface area contributed by atoms with E-state index in [-0.39, 0.29) is 6.10 Å². The van der Waals surface area contributed by atoms with Gasteiger partial charge in [0, 0.05) is 19.8 Å². The van der Waals surface area contributed by atoms with Crippen molar-refractivity contribution in [3.05, 3.63) is 23.9 Å². The maximum Gasteiger partial charge on any atom is 0.224 e. The normalized spacial score (nSPS) is 16.1. The largest absolute Gasteiger partial charge is 0.543 e. The molecular formula is C17H23N3O5S-2. The minimum absolute atomic E-state index is 0.134. The van der Waals surface area contributed by atoms with Crippen molar-refractivity contribution < 1.29 is 24.5 Å². The summed E-state index contributed by atoms with van der Waals surface area (Å²) in [5, 5.41) is 17.9. The molecule has 1 aromatic heterocycles. The Kier molecular flexibility index (Phi) is 8.94. The van der Waals surface area contributed by atoms with Crippen LogP contribution in [-0.4, -0.2) is 71.0 Å². The monoisotopic (exact) mass is 381 g/mol. The summed E-state index contributed by atoms with van der Waals surface area (Å²) in [6, 6.07) is 3.88. The lowest BCUT2D eigenvalue weighted by molar-refractivity contribution is -0.345. The van der Waals surface area contributed by atoms with Crippen LogP contribution in [0.1, 0.15) is 25.8 Å². The van der Waals surface area contributed by atoms with Crippen molar-refractivity contribution >= 4 is 29.1 Å². The van der Waals surface area contributed by atoms with Crippen LogP contribution in [0, 0.1) is 0 Å². The van der Waals surface area contributed by atoms with E-state index in [0.29, 0.717) is 5.88 Å². The third kappa shape index (κ3) is 6.57. The van der Waals surface area contributed by atoms with Crippen LogP contribution in [0.3, 0.4) is 0 Å². The number of thiocarbonyl (C=S) groups is 1. The number of ether oxygens (including phenoxy) is 1. The van der Waals surface area contributed by atoms with E-state index in [1.54, 1.807) is 6.20 Å². The molecule has 0 saturated heterocycles. The van der Waals surface area contributed by atoms with Crippen LogP contribution in [0.4, 0.5) is 0 Å². The third-order valence-corrected chi connectivity index (χ3v) is 4.46. The third-order valence-electron chi connectivity index (χ3n) is 3.93. The van der Waals surface area contributed by atoms with Gasteiger partial charge in [-0.15, -0.1) is 0 Å². The molecule has 0 bridgehead atoms. The predicted octanol–water partition coefficient (Wildman–Crippen LogP) is -1.33. The van der Waals surface area contributed by atoms with E-state index in [1.165, 1.54) is 0 Å². The van der Waals surface area contributed by atoms with Crippen molar-refractivity contribution in [3.63, 3.8) is 0 Å². The average molecular weight is 381 g/mol. The lowest BCUT2D eigenvalue weighted by Gasteiger charge is -2.24. The molecule has 2 rings (SSSR count). The zero-order chi connectivity index (χ0) is 19.7. The number of hydrogen-bond donors (Lipinski definition) is 0. The van der Waals surface area contributed by atoms with Crippen LogP contribution in [0.15, 0.2) is 18.3 Å². The molecule has 0 aliphatic carbocycles. The Balaban J connectivity index is 0.000000487. The van der Waals surface area contributed by atoms with Gasteiger partial charge in [-0.1, -0.05) is 26.1 Å². The number of likely N-dealkylation sites (N-methyl/N-ethyl adjacent to an activating group) is 1. The molecule has 1 aliphatic heterocycles. The average Bonchev–Trinajstić information content (AvgIpc) is 2.73. The van der Waals surface area contributed by atoms with Gasteiger partial charge in [0.2, 0.25) is 5.88 Å². The summed E-state index contributed by atoms with van der Waals surface area (Å²) in [5.41, 5.74) is 0.926. The molecule has 26 heavy (non-hydrogen) atoms. The Labute approximate surface area is 158 Å². The first kappa shape index (κ1) is 21.8. The molecule has 0 saturated carbocycles. The Hall–Kier alpha value is -2.26. The van der Waals surface area contributed by atoms with E-state index < -0.39 is 11.9 Å². The van der Waals surface area contributed by atoms with Gasteiger partial charge in [0.05, 0.1) is 24.0 Å². The highest BCUT2D eigenvalue weighted by molar-refractivity contribution is 7.80. The van der Waals surface area contributed by atoms with E-state index in [2.05, 4.69) is 28.6 Å². The molecule has 0 amide bonds. The number of aliphatic carboxylic acids is 2. The Morgan fingerprint density at radius 2 is 1.96 bits per heavy atom. The summed E-state index contributed by atoms with van der Waals surface area (Å²) in [6.07, 6.45) is 2.88. The zero-order valence-electron chi connectivity index (χ0n) is 15.1. The van der Waals surface area contributed by atoms with Gasteiger partial charge >= 0.3 is 0 Å². The van der Waals surface area contributed by atoms with E-state index in [1.807, 2.05) is 19.2 Å². The van der Waals surface area contributed by atoms with Crippen molar-refractivity contribution in [1.29, 1.82) is 0 Å². The standard InChI is InChI=1S/C15H23N3OS.C2H2O4/c1-4-18(5-2)10-8-12-11-17(3)15(20)13-7-6-9-16-14(13)19-12;3-1(4)2(5)6/h6-7,9,12H,4-5,8,10-11H2,1-3H3;(H,3,4)(H,5,6)/p-2. The first-order valence-corrected chi connectivity index (χ1v) is 8.72. The van der Waals surface area contributed by atoms with E-state index in [4.69, 9.17) is 36.8 Å². The van der Waals surface area contributed by atoms with Gasteiger partial charge in [0.15, 0.2) is 0 Å². The number of carbonyl (C=O) groups is 2. The summed E-state index contributed by atoms with van der Waals surface area (Å²) in [4.78, 5) is 27.5. The predicted molar refractivity (Wildman–Crippen MR) is 95.4 cm³/mol. The van der Waals surface area contributed by atoms with Crippen LogP contribution in [0.2, 0.25) is 0 Å². The molecule has 8 nitrogen and oxygen atoms in total. The molecule has 0 radical (unpaired) electrons. The molecule has 1 aromatic rings. The molecule has 1 aliphatic rings. The second kappa shape index (κ2) is 10.7. The molecule has 0 N–H and O–H groups in total. The van der Waals surface area contributed by atoms with Crippen molar-refractivity contribution in [1.82, 2.24) is 14.8 Å². The van der Waals surface area contributed by atoms with Crippen LogP contribution in [0.25, 0.3) is 0 Å². The van der Waals surface area contributed by atoms with Gasteiger partial charge in [0.25, 0.3) is 0 Å². The second-order valence-corrected chi connectivity index (χ2v) is 6.06. The fourth-order valence-electron chi connectivity index (χ4n) is 2.45. The molecule has 0 fully saturated rings. The number of rotatable bonds is 5.